The minimum absolute atomic E-state index is 0.0613. The third kappa shape index (κ3) is 4.96. The SMILES string of the molecule is CCCN(Cc1cccc(N)c1)C(=O)NC1CCCCC1. The van der Waals surface area contributed by atoms with E-state index in [0.29, 0.717) is 12.6 Å². The molecule has 1 aliphatic carbocycles. The zero-order chi connectivity index (χ0) is 15.1. The summed E-state index contributed by atoms with van der Waals surface area (Å²) in [5.41, 5.74) is 7.65. The maximum atomic E-state index is 12.5. The van der Waals surface area contributed by atoms with Crippen LogP contribution in [0.1, 0.15) is 51.0 Å². The van der Waals surface area contributed by atoms with Gasteiger partial charge in [0.2, 0.25) is 0 Å². The third-order valence-electron chi connectivity index (χ3n) is 4.04. The number of nitrogens with zero attached hydrogens (tertiary/aromatic N) is 1. The van der Waals surface area contributed by atoms with E-state index in [1.54, 1.807) is 0 Å². The molecule has 0 aromatic heterocycles. The van der Waals surface area contributed by atoms with Crippen LogP contribution >= 0.6 is 0 Å². The molecule has 1 saturated carbocycles. The monoisotopic (exact) mass is 289 g/mol. The smallest absolute Gasteiger partial charge is 0.317 e. The predicted molar refractivity (Wildman–Crippen MR) is 87.0 cm³/mol. The van der Waals surface area contributed by atoms with E-state index in [-0.39, 0.29) is 6.03 Å². The van der Waals surface area contributed by atoms with Crippen molar-refractivity contribution in [1.82, 2.24) is 10.2 Å². The van der Waals surface area contributed by atoms with E-state index >= 15 is 0 Å². The van der Waals surface area contributed by atoms with Gasteiger partial charge in [-0.25, -0.2) is 4.79 Å². The van der Waals surface area contributed by atoms with Gasteiger partial charge in [0.05, 0.1) is 0 Å². The van der Waals surface area contributed by atoms with Crippen LogP contribution in [0.3, 0.4) is 0 Å². The summed E-state index contributed by atoms with van der Waals surface area (Å²) in [6.45, 7) is 3.49. The number of nitrogen functional groups attached to an aromatic ring is 1. The van der Waals surface area contributed by atoms with E-state index in [1.165, 1.54) is 19.3 Å². The Morgan fingerprint density at radius 3 is 2.76 bits per heavy atom. The molecule has 0 bridgehead atoms. The number of amides is 2. The lowest BCUT2D eigenvalue weighted by Crippen LogP contribution is -2.45. The van der Waals surface area contributed by atoms with Gasteiger partial charge in [0, 0.05) is 24.8 Å². The highest BCUT2D eigenvalue weighted by molar-refractivity contribution is 5.74. The first-order chi connectivity index (χ1) is 10.2. The molecule has 2 rings (SSSR count). The Hall–Kier alpha value is -1.71. The lowest BCUT2D eigenvalue weighted by molar-refractivity contribution is 0.187. The normalized spacial score (nSPS) is 15.7. The topological polar surface area (TPSA) is 58.4 Å². The number of hydrogen-bond donors (Lipinski definition) is 2. The van der Waals surface area contributed by atoms with Crippen LogP contribution in [0.5, 0.6) is 0 Å². The molecule has 1 aromatic carbocycles. The van der Waals surface area contributed by atoms with Crippen molar-refractivity contribution in [3.63, 3.8) is 0 Å². The van der Waals surface area contributed by atoms with Crippen LogP contribution in [0, 0.1) is 0 Å². The van der Waals surface area contributed by atoms with Crippen LogP contribution < -0.4 is 11.1 Å². The van der Waals surface area contributed by atoms with Gasteiger partial charge in [-0.15, -0.1) is 0 Å². The van der Waals surface area contributed by atoms with E-state index in [2.05, 4.69) is 12.2 Å². The fraction of sp³-hybridized carbons (Fsp3) is 0.588. The quantitative estimate of drug-likeness (QED) is 0.815. The van der Waals surface area contributed by atoms with Crippen LogP contribution in [0.25, 0.3) is 0 Å². The summed E-state index contributed by atoms with van der Waals surface area (Å²) >= 11 is 0. The van der Waals surface area contributed by atoms with E-state index in [4.69, 9.17) is 5.73 Å². The van der Waals surface area contributed by atoms with Gasteiger partial charge in [-0.05, 0) is 37.0 Å². The highest BCUT2D eigenvalue weighted by atomic mass is 16.2. The number of nitrogens with one attached hydrogen (secondary N) is 1. The second-order valence-corrected chi connectivity index (χ2v) is 5.95. The summed E-state index contributed by atoms with van der Waals surface area (Å²) in [4.78, 5) is 14.4. The summed E-state index contributed by atoms with van der Waals surface area (Å²) in [6, 6.07) is 8.19. The Bertz CT molecular complexity index is 455. The molecule has 0 unspecified atom stereocenters. The molecule has 0 saturated heterocycles. The lowest BCUT2D eigenvalue weighted by atomic mass is 9.96. The van der Waals surface area contributed by atoms with Gasteiger partial charge < -0.3 is 16.0 Å². The van der Waals surface area contributed by atoms with E-state index < -0.39 is 0 Å². The van der Waals surface area contributed by atoms with Gasteiger partial charge in [-0.2, -0.15) is 0 Å². The average molecular weight is 289 g/mol. The number of hydrogen-bond acceptors (Lipinski definition) is 2. The minimum Gasteiger partial charge on any atom is -0.399 e. The maximum Gasteiger partial charge on any atom is 0.317 e. The zero-order valence-electron chi connectivity index (χ0n) is 13.0. The first-order valence-corrected chi connectivity index (χ1v) is 8.09. The summed E-state index contributed by atoms with van der Waals surface area (Å²) in [5, 5.41) is 3.19. The molecule has 116 valence electrons. The number of nitrogens with two attached hydrogens (primary N) is 1. The number of benzene rings is 1. The maximum absolute atomic E-state index is 12.5. The van der Waals surface area contributed by atoms with Gasteiger partial charge in [0.1, 0.15) is 0 Å². The van der Waals surface area contributed by atoms with Crippen LogP contribution in [0.2, 0.25) is 0 Å². The van der Waals surface area contributed by atoms with Crippen molar-refractivity contribution in [2.45, 2.75) is 58.0 Å². The van der Waals surface area contributed by atoms with Gasteiger partial charge >= 0.3 is 6.03 Å². The number of urea groups is 1. The molecular formula is C17H27N3O. The van der Waals surface area contributed by atoms with Crippen LogP contribution in [0.4, 0.5) is 10.5 Å². The molecule has 2 amide bonds. The highest BCUT2D eigenvalue weighted by Gasteiger charge is 2.19. The van der Waals surface area contributed by atoms with Crippen molar-refractivity contribution in [2.24, 2.45) is 0 Å². The average Bonchev–Trinajstić information content (AvgIpc) is 2.48. The Morgan fingerprint density at radius 2 is 2.10 bits per heavy atom. The van der Waals surface area contributed by atoms with Crippen LogP contribution in [-0.4, -0.2) is 23.5 Å². The van der Waals surface area contributed by atoms with E-state index in [9.17, 15) is 4.79 Å². The number of carbonyl (C=O) groups excluding carboxylic acids is 1. The molecule has 0 heterocycles. The van der Waals surface area contributed by atoms with E-state index in [1.807, 2.05) is 29.2 Å². The first-order valence-electron chi connectivity index (χ1n) is 8.09. The van der Waals surface area contributed by atoms with Crippen molar-refractivity contribution in [3.05, 3.63) is 29.8 Å². The molecule has 21 heavy (non-hydrogen) atoms. The van der Waals surface area contributed by atoms with Crippen LogP contribution in [-0.2, 0) is 6.54 Å². The number of rotatable bonds is 5. The molecule has 0 atom stereocenters. The second kappa shape index (κ2) is 7.91. The third-order valence-corrected chi connectivity index (χ3v) is 4.04. The molecule has 1 aliphatic rings. The largest absolute Gasteiger partial charge is 0.399 e. The molecule has 0 radical (unpaired) electrons. The number of anilines is 1. The van der Waals surface area contributed by atoms with Crippen molar-refractivity contribution in [1.29, 1.82) is 0 Å². The van der Waals surface area contributed by atoms with Gasteiger partial charge in [0.25, 0.3) is 0 Å². The Labute approximate surface area is 127 Å². The van der Waals surface area contributed by atoms with Crippen LogP contribution in [0.15, 0.2) is 24.3 Å². The van der Waals surface area contributed by atoms with Gasteiger partial charge in [-0.1, -0.05) is 38.3 Å². The summed E-state index contributed by atoms with van der Waals surface area (Å²) in [5.74, 6) is 0. The molecule has 0 spiro atoms. The van der Waals surface area contributed by atoms with Crippen molar-refractivity contribution in [2.75, 3.05) is 12.3 Å². The first kappa shape index (κ1) is 15.7. The Kier molecular flexibility index (Phi) is 5.90. The minimum atomic E-state index is 0.0613. The fourth-order valence-corrected chi connectivity index (χ4v) is 2.95. The van der Waals surface area contributed by atoms with Gasteiger partial charge in [0.15, 0.2) is 0 Å². The summed E-state index contributed by atoms with van der Waals surface area (Å²) in [6.07, 6.45) is 6.95. The summed E-state index contributed by atoms with van der Waals surface area (Å²) in [7, 11) is 0. The summed E-state index contributed by atoms with van der Waals surface area (Å²) < 4.78 is 0. The van der Waals surface area contributed by atoms with Crippen molar-refractivity contribution >= 4 is 11.7 Å². The fourth-order valence-electron chi connectivity index (χ4n) is 2.95. The predicted octanol–water partition coefficient (Wildman–Crippen LogP) is 3.52. The molecule has 1 fully saturated rings. The van der Waals surface area contributed by atoms with Gasteiger partial charge in [-0.3, -0.25) is 0 Å². The van der Waals surface area contributed by atoms with Crippen molar-refractivity contribution < 1.29 is 4.79 Å². The lowest BCUT2D eigenvalue weighted by Gasteiger charge is -2.28. The standard InChI is InChI=1S/C17H27N3O/c1-2-11-20(13-14-7-6-8-15(18)12-14)17(21)19-16-9-4-3-5-10-16/h6-8,12,16H,2-5,9-11,13,18H2,1H3,(H,19,21). The molecular weight excluding hydrogens is 262 g/mol. The highest BCUT2D eigenvalue weighted by Crippen LogP contribution is 2.18. The number of carbonyl (C=O) groups is 1. The Morgan fingerprint density at radius 1 is 1.33 bits per heavy atom. The molecule has 3 N–H and O–H groups in total. The molecule has 1 aromatic rings. The van der Waals surface area contributed by atoms with E-state index in [0.717, 1.165) is 37.1 Å². The second-order valence-electron chi connectivity index (χ2n) is 5.95. The molecule has 0 aliphatic heterocycles. The zero-order valence-corrected chi connectivity index (χ0v) is 13.0. The Balaban J connectivity index is 1.95. The molecule has 4 heteroatoms. The molecule has 4 nitrogen and oxygen atoms in total. The van der Waals surface area contributed by atoms with Crippen molar-refractivity contribution in [3.8, 4) is 0 Å².